The van der Waals surface area contributed by atoms with Gasteiger partial charge in [-0.25, -0.2) is 13.6 Å². The molecule has 4 nitrogen and oxygen atoms in total. The molecule has 6 heteroatoms. The standard InChI is InChI=1S/C17H21F2NO3/c18-13-7-5-6-12(15(13)19)8-9-14(21)20-17(16(22)23)10-3-1-2-4-11-17/h5-7H,1-4,8-11H2,(H,20,21)(H,22,23). The molecular formula is C17H21F2NO3. The maximum Gasteiger partial charge on any atom is 0.329 e. The van der Waals surface area contributed by atoms with Crippen molar-refractivity contribution in [2.24, 2.45) is 0 Å². The minimum atomic E-state index is -1.23. The molecular weight excluding hydrogens is 304 g/mol. The minimum absolute atomic E-state index is 0.0329. The summed E-state index contributed by atoms with van der Waals surface area (Å²) in [6.45, 7) is 0. The van der Waals surface area contributed by atoms with Crippen molar-refractivity contribution in [1.82, 2.24) is 5.32 Å². The molecule has 0 aromatic heterocycles. The number of carbonyl (C=O) groups is 2. The van der Waals surface area contributed by atoms with E-state index in [0.29, 0.717) is 12.8 Å². The number of halogens is 2. The molecule has 1 aromatic carbocycles. The number of hydrogen-bond acceptors (Lipinski definition) is 2. The van der Waals surface area contributed by atoms with Gasteiger partial charge in [0, 0.05) is 6.42 Å². The summed E-state index contributed by atoms with van der Waals surface area (Å²) in [5, 5.41) is 12.1. The Morgan fingerprint density at radius 3 is 2.39 bits per heavy atom. The Kier molecular flexibility index (Phi) is 5.69. The van der Waals surface area contributed by atoms with Gasteiger partial charge in [0.1, 0.15) is 5.54 Å². The van der Waals surface area contributed by atoms with Crippen LogP contribution in [0.15, 0.2) is 18.2 Å². The molecule has 1 aliphatic rings. The molecule has 0 radical (unpaired) electrons. The van der Waals surface area contributed by atoms with Crippen LogP contribution >= 0.6 is 0 Å². The zero-order valence-electron chi connectivity index (χ0n) is 12.9. The molecule has 0 saturated heterocycles. The fraction of sp³-hybridized carbons (Fsp3) is 0.529. The Balaban J connectivity index is 1.99. The molecule has 2 N–H and O–H groups in total. The summed E-state index contributed by atoms with van der Waals surface area (Å²) in [4.78, 5) is 23.7. The molecule has 2 rings (SSSR count). The van der Waals surface area contributed by atoms with Gasteiger partial charge in [0.25, 0.3) is 0 Å². The predicted molar refractivity (Wildman–Crippen MR) is 80.9 cm³/mol. The highest BCUT2D eigenvalue weighted by atomic mass is 19.2. The number of hydrogen-bond donors (Lipinski definition) is 2. The van der Waals surface area contributed by atoms with Crippen LogP contribution < -0.4 is 5.32 Å². The number of nitrogens with one attached hydrogen (secondary N) is 1. The van der Waals surface area contributed by atoms with E-state index in [4.69, 9.17) is 0 Å². The number of aryl methyl sites for hydroxylation is 1. The van der Waals surface area contributed by atoms with Crippen molar-refractivity contribution in [3.05, 3.63) is 35.4 Å². The van der Waals surface area contributed by atoms with Gasteiger partial charge in [-0.05, 0) is 30.9 Å². The zero-order chi connectivity index (χ0) is 16.9. The van der Waals surface area contributed by atoms with Gasteiger partial charge in [-0.15, -0.1) is 0 Å². The zero-order valence-corrected chi connectivity index (χ0v) is 12.9. The first-order valence-corrected chi connectivity index (χ1v) is 7.92. The average Bonchev–Trinajstić information content (AvgIpc) is 2.75. The SMILES string of the molecule is O=C(CCc1cccc(F)c1F)NC1(C(=O)O)CCCCCC1. The van der Waals surface area contributed by atoms with Crippen LogP contribution in [0.5, 0.6) is 0 Å². The van der Waals surface area contributed by atoms with Gasteiger partial charge in [0.15, 0.2) is 11.6 Å². The van der Waals surface area contributed by atoms with Crippen LogP contribution in [0.4, 0.5) is 8.78 Å². The van der Waals surface area contributed by atoms with Gasteiger partial charge in [-0.2, -0.15) is 0 Å². The molecule has 0 heterocycles. The van der Waals surface area contributed by atoms with Gasteiger partial charge in [0.05, 0.1) is 0 Å². The van der Waals surface area contributed by atoms with Crippen LogP contribution in [-0.2, 0) is 16.0 Å². The fourth-order valence-electron chi connectivity index (χ4n) is 3.04. The third-order valence-corrected chi connectivity index (χ3v) is 4.40. The molecule has 0 atom stereocenters. The Labute approximate surface area is 133 Å². The Morgan fingerprint density at radius 2 is 1.78 bits per heavy atom. The maximum absolute atomic E-state index is 13.6. The summed E-state index contributed by atoms with van der Waals surface area (Å²) in [7, 11) is 0. The van der Waals surface area contributed by atoms with Crippen molar-refractivity contribution in [2.75, 3.05) is 0 Å². The second-order valence-electron chi connectivity index (χ2n) is 6.06. The minimum Gasteiger partial charge on any atom is -0.480 e. The number of rotatable bonds is 5. The first kappa shape index (κ1) is 17.4. The molecule has 1 amide bonds. The monoisotopic (exact) mass is 325 g/mol. The van der Waals surface area contributed by atoms with Gasteiger partial charge < -0.3 is 10.4 Å². The fourth-order valence-corrected chi connectivity index (χ4v) is 3.04. The third-order valence-electron chi connectivity index (χ3n) is 4.40. The van der Waals surface area contributed by atoms with Gasteiger partial charge in [0.2, 0.25) is 5.91 Å². The smallest absolute Gasteiger partial charge is 0.329 e. The molecule has 1 saturated carbocycles. The highest BCUT2D eigenvalue weighted by Crippen LogP contribution is 2.27. The van der Waals surface area contributed by atoms with Gasteiger partial charge in [-0.3, -0.25) is 4.79 Å². The second-order valence-corrected chi connectivity index (χ2v) is 6.06. The van der Waals surface area contributed by atoms with E-state index in [2.05, 4.69) is 5.32 Å². The molecule has 1 aliphatic carbocycles. The quantitative estimate of drug-likeness (QED) is 0.817. The van der Waals surface area contributed by atoms with E-state index >= 15 is 0 Å². The van der Waals surface area contributed by atoms with E-state index < -0.39 is 29.0 Å². The first-order valence-electron chi connectivity index (χ1n) is 7.92. The van der Waals surface area contributed by atoms with Crippen LogP contribution in [0.2, 0.25) is 0 Å². The summed E-state index contributed by atoms with van der Waals surface area (Å²) in [5.74, 6) is -3.38. The summed E-state index contributed by atoms with van der Waals surface area (Å²) < 4.78 is 26.7. The lowest BCUT2D eigenvalue weighted by molar-refractivity contribution is -0.148. The van der Waals surface area contributed by atoms with Crippen molar-refractivity contribution in [1.29, 1.82) is 0 Å². The predicted octanol–water partition coefficient (Wildman–Crippen LogP) is 3.19. The van der Waals surface area contributed by atoms with Crippen LogP contribution in [0.3, 0.4) is 0 Å². The topological polar surface area (TPSA) is 66.4 Å². The van der Waals surface area contributed by atoms with Crippen molar-refractivity contribution >= 4 is 11.9 Å². The van der Waals surface area contributed by atoms with Gasteiger partial charge >= 0.3 is 5.97 Å². The summed E-state index contributed by atoms with van der Waals surface area (Å²) in [5.41, 5.74) is -1.11. The molecule has 0 spiro atoms. The molecule has 23 heavy (non-hydrogen) atoms. The normalized spacial score (nSPS) is 17.3. The third kappa shape index (κ3) is 4.27. The molecule has 1 aromatic rings. The molecule has 126 valence electrons. The molecule has 0 aliphatic heterocycles. The summed E-state index contributed by atoms with van der Waals surface area (Å²) >= 11 is 0. The van der Waals surface area contributed by atoms with E-state index in [1.165, 1.54) is 12.1 Å². The molecule has 0 bridgehead atoms. The number of carboxylic acid groups (broad SMARTS) is 1. The van der Waals surface area contributed by atoms with Crippen LogP contribution in [0.25, 0.3) is 0 Å². The average molecular weight is 325 g/mol. The van der Waals surface area contributed by atoms with E-state index in [1.54, 1.807) is 0 Å². The number of carboxylic acids is 1. The summed E-state index contributed by atoms with van der Waals surface area (Å²) in [6, 6.07) is 3.82. The van der Waals surface area contributed by atoms with Crippen LogP contribution in [0.1, 0.15) is 50.5 Å². The first-order chi connectivity index (χ1) is 10.9. The van der Waals surface area contributed by atoms with Crippen molar-refractivity contribution in [3.8, 4) is 0 Å². The lowest BCUT2D eigenvalue weighted by Gasteiger charge is -2.29. The Hall–Kier alpha value is -1.98. The Morgan fingerprint density at radius 1 is 1.13 bits per heavy atom. The highest BCUT2D eigenvalue weighted by molar-refractivity contribution is 5.87. The lowest BCUT2D eigenvalue weighted by atomic mass is 9.90. The van der Waals surface area contributed by atoms with Crippen molar-refractivity contribution < 1.29 is 23.5 Å². The molecule has 0 unspecified atom stereocenters. The Bertz CT molecular complexity index is 581. The lowest BCUT2D eigenvalue weighted by Crippen LogP contribution is -2.54. The van der Waals surface area contributed by atoms with Crippen LogP contribution in [0, 0.1) is 11.6 Å². The van der Waals surface area contributed by atoms with Crippen molar-refractivity contribution in [3.63, 3.8) is 0 Å². The van der Waals surface area contributed by atoms with E-state index in [-0.39, 0.29) is 18.4 Å². The second kappa shape index (κ2) is 7.53. The largest absolute Gasteiger partial charge is 0.480 e. The summed E-state index contributed by atoms with van der Waals surface area (Å²) in [6.07, 6.45) is 4.19. The van der Waals surface area contributed by atoms with E-state index in [0.717, 1.165) is 31.7 Å². The van der Waals surface area contributed by atoms with Crippen molar-refractivity contribution in [2.45, 2.75) is 56.9 Å². The van der Waals surface area contributed by atoms with E-state index in [1.807, 2.05) is 0 Å². The maximum atomic E-state index is 13.6. The highest BCUT2D eigenvalue weighted by Gasteiger charge is 2.39. The molecule has 1 fully saturated rings. The number of amides is 1. The number of benzene rings is 1. The van der Waals surface area contributed by atoms with E-state index in [9.17, 15) is 23.5 Å². The number of aliphatic carboxylic acids is 1. The van der Waals surface area contributed by atoms with Gasteiger partial charge in [-0.1, -0.05) is 37.8 Å². The van der Waals surface area contributed by atoms with Crippen LogP contribution in [-0.4, -0.2) is 22.5 Å². The number of carbonyl (C=O) groups excluding carboxylic acids is 1.